The van der Waals surface area contributed by atoms with Gasteiger partial charge in [-0.05, 0) is 58.6 Å². The Labute approximate surface area is 123 Å². The number of rotatable bonds is 4. The molecule has 2 aromatic rings. The molecule has 0 saturated heterocycles. The lowest BCUT2D eigenvalue weighted by atomic mass is 10.0. The van der Waals surface area contributed by atoms with Crippen LogP contribution in [0.1, 0.15) is 22.7 Å². The van der Waals surface area contributed by atoms with E-state index in [-0.39, 0.29) is 6.04 Å². The number of hydrogen-bond donors (Lipinski definition) is 2. The predicted octanol–water partition coefficient (Wildman–Crippen LogP) is 4.18. The Morgan fingerprint density at radius 2 is 1.89 bits per heavy atom. The van der Waals surface area contributed by atoms with Crippen molar-refractivity contribution in [1.82, 2.24) is 0 Å². The minimum atomic E-state index is 0.124. The maximum Gasteiger partial charge on any atom is 0.0639 e. The van der Waals surface area contributed by atoms with Crippen LogP contribution < -0.4 is 11.1 Å². The molecule has 0 bridgehead atoms. The van der Waals surface area contributed by atoms with Crippen molar-refractivity contribution in [2.75, 3.05) is 11.9 Å². The second-order valence-corrected chi connectivity index (χ2v) is 5.63. The number of halogens is 1. The Morgan fingerprint density at radius 3 is 2.58 bits per heavy atom. The second kappa shape index (κ2) is 6.22. The van der Waals surface area contributed by atoms with Crippen molar-refractivity contribution in [1.29, 1.82) is 0 Å². The van der Waals surface area contributed by atoms with E-state index >= 15 is 0 Å². The fraction of sp³-hybridized carbons (Fsp3) is 0.250. The van der Waals surface area contributed by atoms with Crippen LogP contribution in [-0.4, -0.2) is 6.54 Å². The number of anilines is 1. The molecule has 0 fully saturated rings. The molecule has 0 aliphatic carbocycles. The zero-order valence-corrected chi connectivity index (χ0v) is 12.9. The topological polar surface area (TPSA) is 38.0 Å². The van der Waals surface area contributed by atoms with Gasteiger partial charge in [-0.2, -0.15) is 0 Å². The molecule has 0 amide bonds. The van der Waals surface area contributed by atoms with Gasteiger partial charge in [0.25, 0.3) is 0 Å². The third-order valence-electron chi connectivity index (χ3n) is 3.25. The van der Waals surface area contributed by atoms with Crippen LogP contribution in [0.2, 0.25) is 0 Å². The molecule has 0 radical (unpaired) electrons. The second-order valence-electron chi connectivity index (χ2n) is 4.77. The van der Waals surface area contributed by atoms with Gasteiger partial charge in [-0.3, -0.25) is 0 Å². The fourth-order valence-corrected chi connectivity index (χ4v) is 2.54. The first-order chi connectivity index (χ1) is 9.11. The van der Waals surface area contributed by atoms with Gasteiger partial charge in [0.1, 0.15) is 0 Å². The summed E-state index contributed by atoms with van der Waals surface area (Å²) in [6.45, 7) is 4.76. The number of nitrogens with one attached hydrogen (secondary N) is 1. The molecule has 3 heteroatoms. The highest BCUT2D eigenvalue weighted by Crippen LogP contribution is 2.28. The average molecular weight is 319 g/mol. The smallest absolute Gasteiger partial charge is 0.0639 e. The van der Waals surface area contributed by atoms with Crippen LogP contribution in [0.15, 0.2) is 46.9 Å². The quantitative estimate of drug-likeness (QED) is 0.887. The van der Waals surface area contributed by atoms with Crippen LogP contribution in [0.4, 0.5) is 5.69 Å². The Bertz CT molecular complexity index is 566. The molecular weight excluding hydrogens is 300 g/mol. The summed E-state index contributed by atoms with van der Waals surface area (Å²) in [7, 11) is 0. The van der Waals surface area contributed by atoms with Crippen molar-refractivity contribution in [3.8, 4) is 0 Å². The molecule has 0 heterocycles. The van der Waals surface area contributed by atoms with E-state index < -0.39 is 0 Å². The summed E-state index contributed by atoms with van der Waals surface area (Å²) in [4.78, 5) is 0. The Morgan fingerprint density at radius 1 is 1.16 bits per heavy atom. The van der Waals surface area contributed by atoms with Gasteiger partial charge in [0.05, 0.1) is 6.04 Å². The Kier molecular flexibility index (Phi) is 4.61. The fourth-order valence-electron chi connectivity index (χ4n) is 2.18. The van der Waals surface area contributed by atoms with Crippen molar-refractivity contribution >= 4 is 21.6 Å². The first kappa shape index (κ1) is 14.1. The standard InChI is InChI=1S/C16H19BrN2/c1-11-7-8-14(17)15(9-11)19-16(10-18)13-6-4-3-5-12(13)2/h3-9,16,19H,10,18H2,1-2H3. The van der Waals surface area contributed by atoms with Crippen LogP contribution in [0.5, 0.6) is 0 Å². The van der Waals surface area contributed by atoms with E-state index in [0.717, 1.165) is 10.2 Å². The van der Waals surface area contributed by atoms with Crippen molar-refractivity contribution in [3.05, 3.63) is 63.6 Å². The van der Waals surface area contributed by atoms with Gasteiger partial charge in [-0.25, -0.2) is 0 Å². The maximum absolute atomic E-state index is 5.93. The third kappa shape index (κ3) is 3.37. The first-order valence-electron chi connectivity index (χ1n) is 6.40. The van der Waals surface area contributed by atoms with Gasteiger partial charge >= 0.3 is 0 Å². The molecule has 100 valence electrons. The van der Waals surface area contributed by atoms with Crippen molar-refractivity contribution in [3.63, 3.8) is 0 Å². The average Bonchev–Trinajstić information content (AvgIpc) is 2.41. The summed E-state index contributed by atoms with van der Waals surface area (Å²) in [5.41, 5.74) is 10.7. The molecule has 2 rings (SSSR count). The molecule has 0 aliphatic rings. The SMILES string of the molecule is Cc1ccc(Br)c(NC(CN)c2ccccc2C)c1. The maximum atomic E-state index is 5.93. The lowest BCUT2D eigenvalue weighted by Gasteiger charge is -2.21. The van der Waals surface area contributed by atoms with Crippen molar-refractivity contribution in [2.45, 2.75) is 19.9 Å². The summed E-state index contributed by atoms with van der Waals surface area (Å²) in [5, 5.41) is 3.52. The molecule has 0 saturated carbocycles. The zero-order valence-electron chi connectivity index (χ0n) is 11.3. The van der Waals surface area contributed by atoms with Crippen LogP contribution in [0.3, 0.4) is 0 Å². The van der Waals surface area contributed by atoms with Gasteiger partial charge in [0.15, 0.2) is 0 Å². The van der Waals surface area contributed by atoms with Crippen molar-refractivity contribution < 1.29 is 0 Å². The van der Waals surface area contributed by atoms with Gasteiger partial charge in [0.2, 0.25) is 0 Å². The van der Waals surface area contributed by atoms with E-state index in [1.807, 2.05) is 0 Å². The highest BCUT2D eigenvalue weighted by Gasteiger charge is 2.12. The molecular formula is C16H19BrN2. The number of benzene rings is 2. The van der Waals surface area contributed by atoms with Gasteiger partial charge in [-0.1, -0.05) is 30.3 Å². The van der Waals surface area contributed by atoms with Gasteiger partial charge < -0.3 is 11.1 Å². The summed E-state index contributed by atoms with van der Waals surface area (Å²) < 4.78 is 1.06. The number of hydrogen-bond acceptors (Lipinski definition) is 2. The largest absolute Gasteiger partial charge is 0.376 e. The number of aryl methyl sites for hydroxylation is 2. The van der Waals surface area contributed by atoms with Gasteiger partial charge in [0, 0.05) is 16.7 Å². The molecule has 2 nitrogen and oxygen atoms in total. The molecule has 0 aromatic heterocycles. The summed E-state index contributed by atoms with van der Waals surface area (Å²) in [6, 6.07) is 14.7. The minimum absolute atomic E-state index is 0.124. The van der Waals surface area contributed by atoms with E-state index in [0.29, 0.717) is 6.54 Å². The normalized spacial score (nSPS) is 12.2. The molecule has 19 heavy (non-hydrogen) atoms. The first-order valence-corrected chi connectivity index (χ1v) is 7.19. The summed E-state index contributed by atoms with van der Waals surface area (Å²) in [6.07, 6.45) is 0. The van der Waals surface area contributed by atoms with Gasteiger partial charge in [-0.15, -0.1) is 0 Å². The third-order valence-corrected chi connectivity index (χ3v) is 3.94. The molecule has 0 aliphatic heterocycles. The molecule has 0 spiro atoms. The summed E-state index contributed by atoms with van der Waals surface area (Å²) >= 11 is 3.58. The lowest BCUT2D eigenvalue weighted by molar-refractivity contribution is 0.783. The Hall–Kier alpha value is -1.32. The van der Waals surface area contributed by atoms with Crippen LogP contribution in [0, 0.1) is 13.8 Å². The Balaban J connectivity index is 2.29. The van der Waals surface area contributed by atoms with E-state index in [1.54, 1.807) is 0 Å². The lowest BCUT2D eigenvalue weighted by Crippen LogP contribution is -2.21. The molecule has 3 N–H and O–H groups in total. The van der Waals surface area contributed by atoms with Crippen LogP contribution in [-0.2, 0) is 0 Å². The monoisotopic (exact) mass is 318 g/mol. The van der Waals surface area contributed by atoms with E-state index in [1.165, 1.54) is 16.7 Å². The number of nitrogens with two attached hydrogens (primary N) is 1. The van der Waals surface area contributed by atoms with Crippen LogP contribution in [0.25, 0.3) is 0 Å². The highest BCUT2D eigenvalue weighted by molar-refractivity contribution is 9.10. The van der Waals surface area contributed by atoms with E-state index in [2.05, 4.69) is 77.6 Å². The van der Waals surface area contributed by atoms with E-state index in [9.17, 15) is 0 Å². The molecule has 1 atom stereocenters. The minimum Gasteiger partial charge on any atom is -0.376 e. The summed E-state index contributed by atoms with van der Waals surface area (Å²) in [5.74, 6) is 0. The van der Waals surface area contributed by atoms with Crippen molar-refractivity contribution in [2.24, 2.45) is 5.73 Å². The molecule has 2 aromatic carbocycles. The molecule has 1 unspecified atom stereocenters. The predicted molar refractivity (Wildman–Crippen MR) is 85.5 cm³/mol. The highest BCUT2D eigenvalue weighted by atomic mass is 79.9. The van der Waals surface area contributed by atoms with Crippen LogP contribution >= 0.6 is 15.9 Å². The van der Waals surface area contributed by atoms with E-state index in [4.69, 9.17) is 5.73 Å². The zero-order chi connectivity index (χ0) is 13.8.